The van der Waals surface area contributed by atoms with Crippen molar-refractivity contribution in [2.45, 2.75) is 18.6 Å². The topological polar surface area (TPSA) is 48.1 Å². The van der Waals surface area contributed by atoms with Gasteiger partial charge in [-0.05, 0) is 18.1 Å². The Hall–Kier alpha value is -1.13. The molecule has 0 aliphatic carbocycles. The number of halogens is 2. The van der Waals surface area contributed by atoms with E-state index >= 15 is 0 Å². The van der Waals surface area contributed by atoms with Crippen molar-refractivity contribution in [3.05, 3.63) is 54.4 Å². The molecule has 0 radical (unpaired) electrons. The molecule has 0 amide bonds. The Labute approximate surface area is 131 Å². The molecule has 1 aromatic carbocycles. The molecule has 0 saturated carbocycles. The van der Waals surface area contributed by atoms with Gasteiger partial charge in [-0.25, -0.2) is 0 Å². The van der Waals surface area contributed by atoms with Crippen molar-refractivity contribution >= 4 is 24.8 Å². The van der Waals surface area contributed by atoms with Gasteiger partial charge in [0.2, 0.25) is 0 Å². The summed E-state index contributed by atoms with van der Waals surface area (Å²) in [4.78, 5) is 4.30. The normalized spacial score (nSPS) is 20.9. The van der Waals surface area contributed by atoms with E-state index in [9.17, 15) is 0 Å². The number of nitrogens with zero attached hydrogens (tertiary/aromatic N) is 1. The van der Waals surface area contributed by atoms with Crippen LogP contribution in [0, 0.1) is 0 Å². The van der Waals surface area contributed by atoms with Gasteiger partial charge in [-0.15, -0.1) is 24.8 Å². The molecule has 0 bridgehead atoms. The molecule has 2 atom stereocenters. The second kappa shape index (κ2) is 7.60. The summed E-state index contributed by atoms with van der Waals surface area (Å²) >= 11 is 0. The summed E-state index contributed by atoms with van der Waals surface area (Å²) in [5.74, 6) is 0. The minimum Gasteiger partial charge on any atom is -0.372 e. The molecule has 2 heterocycles. The smallest absolute Gasteiger partial charge is 0.0991 e. The lowest BCUT2D eigenvalue weighted by Gasteiger charge is -2.15. The fourth-order valence-corrected chi connectivity index (χ4v) is 2.35. The summed E-state index contributed by atoms with van der Waals surface area (Å²) in [5.41, 5.74) is 9.39. The van der Waals surface area contributed by atoms with Crippen LogP contribution in [-0.4, -0.2) is 17.6 Å². The number of nitrogens with two attached hydrogens (primary N) is 1. The first kappa shape index (κ1) is 16.9. The van der Waals surface area contributed by atoms with Gasteiger partial charge in [0, 0.05) is 36.2 Å². The van der Waals surface area contributed by atoms with E-state index in [1.165, 1.54) is 5.56 Å². The Morgan fingerprint density at radius 1 is 1.05 bits per heavy atom. The molecular weight excluding hydrogens is 295 g/mol. The van der Waals surface area contributed by atoms with Gasteiger partial charge in [0.05, 0.1) is 6.10 Å². The van der Waals surface area contributed by atoms with Crippen molar-refractivity contribution in [2.24, 2.45) is 5.73 Å². The highest BCUT2D eigenvalue weighted by Gasteiger charge is 2.26. The van der Waals surface area contributed by atoms with Gasteiger partial charge in [-0.2, -0.15) is 0 Å². The highest BCUT2D eigenvalue weighted by Crippen LogP contribution is 2.29. The predicted octanol–water partition coefficient (Wildman–Crippen LogP) is 3.38. The quantitative estimate of drug-likeness (QED) is 0.924. The lowest BCUT2D eigenvalue weighted by Crippen LogP contribution is -2.23. The Balaban J connectivity index is 0.000001000. The predicted molar refractivity (Wildman–Crippen MR) is 85.5 cm³/mol. The second-order valence-corrected chi connectivity index (χ2v) is 4.62. The van der Waals surface area contributed by atoms with Crippen molar-refractivity contribution < 1.29 is 4.74 Å². The van der Waals surface area contributed by atoms with Gasteiger partial charge < -0.3 is 10.5 Å². The van der Waals surface area contributed by atoms with Gasteiger partial charge >= 0.3 is 0 Å². The number of hydrogen-bond acceptors (Lipinski definition) is 3. The maximum Gasteiger partial charge on any atom is 0.0991 e. The average Bonchev–Trinajstić information content (AvgIpc) is 2.86. The van der Waals surface area contributed by atoms with Crippen molar-refractivity contribution in [2.75, 3.05) is 6.61 Å². The lowest BCUT2D eigenvalue weighted by molar-refractivity contribution is 0.105. The third kappa shape index (κ3) is 3.49. The van der Waals surface area contributed by atoms with E-state index in [1.807, 2.05) is 30.6 Å². The van der Waals surface area contributed by atoms with Crippen LogP contribution in [0.5, 0.6) is 0 Å². The van der Waals surface area contributed by atoms with Crippen LogP contribution in [0.25, 0.3) is 11.1 Å². The van der Waals surface area contributed by atoms with Crippen LogP contribution < -0.4 is 5.73 Å². The molecule has 3 rings (SSSR count). The van der Waals surface area contributed by atoms with Gasteiger partial charge in [0.1, 0.15) is 0 Å². The van der Waals surface area contributed by atoms with Gasteiger partial charge in [-0.3, -0.25) is 4.98 Å². The van der Waals surface area contributed by atoms with E-state index in [1.54, 1.807) is 0 Å². The maximum absolute atomic E-state index is 6.05. The Morgan fingerprint density at radius 3 is 2.45 bits per heavy atom. The molecule has 1 aliphatic heterocycles. The van der Waals surface area contributed by atoms with Crippen molar-refractivity contribution in [1.29, 1.82) is 0 Å². The highest BCUT2D eigenvalue weighted by molar-refractivity contribution is 5.85. The average molecular weight is 313 g/mol. The lowest BCUT2D eigenvalue weighted by atomic mass is 10.0. The third-order valence-electron chi connectivity index (χ3n) is 3.33. The number of aromatic nitrogens is 1. The van der Waals surface area contributed by atoms with E-state index in [0.29, 0.717) is 0 Å². The fourth-order valence-electron chi connectivity index (χ4n) is 2.35. The Kier molecular flexibility index (Phi) is 6.43. The molecule has 2 N–H and O–H groups in total. The van der Waals surface area contributed by atoms with E-state index in [2.05, 4.69) is 23.2 Å². The number of ether oxygens (including phenoxy) is 1. The van der Waals surface area contributed by atoms with E-state index in [-0.39, 0.29) is 37.0 Å². The maximum atomic E-state index is 6.05. The SMILES string of the molecule is Cl.Cl.N[C@@H]1CCO[C@H]1c1cncc(-c2ccccc2)c1. The second-order valence-electron chi connectivity index (χ2n) is 4.62. The molecule has 1 saturated heterocycles. The molecule has 0 unspecified atom stereocenters. The zero-order chi connectivity index (χ0) is 12.4. The van der Waals surface area contributed by atoms with Gasteiger partial charge in [-0.1, -0.05) is 30.3 Å². The first-order valence-electron chi connectivity index (χ1n) is 6.22. The van der Waals surface area contributed by atoms with Crippen LogP contribution in [0.4, 0.5) is 0 Å². The Bertz CT molecular complexity index is 536. The van der Waals surface area contributed by atoms with Gasteiger partial charge in [0.15, 0.2) is 0 Å². The number of pyridine rings is 1. The summed E-state index contributed by atoms with van der Waals surface area (Å²) in [6, 6.07) is 12.4. The summed E-state index contributed by atoms with van der Waals surface area (Å²) in [5, 5.41) is 0. The zero-order valence-corrected chi connectivity index (χ0v) is 12.6. The molecule has 5 heteroatoms. The van der Waals surface area contributed by atoms with Crippen LogP contribution in [0.1, 0.15) is 18.1 Å². The summed E-state index contributed by atoms with van der Waals surface area (Å²) in [6.07, 6.45) is 4.63. The first-order valence-corrected chi connectivity index (χ1v) is 6.22. The third-order valence-corrected chi connectivity index (χ3v) is 3.33. The summed E-state index contributed by atoms with van der Waals surface area (Å²) in [6.45, 7) is 0.737. The van der Waals surface area contributed by atoms with Crippen LogP contribution in [0.3, 0.4) is 0 Å². The Morgan fingerprint density at radius 2 is 1.80 bits per heavy atom. The monoisotopic (exact) mass is 312 g/mol. The zero-order valence-electron chi connectivity index (χ0n) is 10.9. The van der Waals surface area contributed by atoms with Crippen LogP contribution in [0.15, 0.2) is 48.8 Å². The molecule has 0 spiro atoms. The highest BCUT2D eigenvalue weighted by atomic mass is 35.5. The van der Waals surface area contributed by atoms with Crippen molar-refractivity contribution in [1.82, 2.24) is 4.98 Å². The van der Waals surface area contributed by atoms with Crippen LogP contribution in [-0.2, 0) is 4.74 Å². The largest absolute Gasteiger partial charge is 0.372 e. The van der Waals surface area contributed by atoms with Crippen molar-refractivity contribution in [3.8, 4) is 11.1 Å². The standard InChI is InChI=1S/C15H16N2O.2ClH/c16-14-6-7-18-15(14)13-8-12(9-17-10-13)11-4-2-1-3-5-11;;/h1-5,8-10,14-15H,6-7,16H2;2*1H/t14-,15+;;/m1../s1. The molecule has 2 aromatic rings. The molecule has 3 nitrogen and oxygen atoms in total. The molecular formula is C15H18Cl2N2O. The summed E-state index contributed by atoms with van der Waals surface area (Å²) < 4.78 is 5.68. The van der Waals surface area contributed by atoms with Crippen molar-refractivity contribution in [3.63, 3.8) is 0 Å². The number of hydrogen-bond donors (Lipinski definition) is 1. The fraction of sp³-hybridized carbons (Fsp3) is 0.267. The number of benzene rings is 1. The van der Waals surface area contributed by atoms with E-state index in [4.69, 9.17) is 10.5 Å². The molecule has 1 aromatic heterocycles. The van der Waals surface area contributed by atoms with E-state index < -0.39 is 0 Å². The number of rotatable bonds is 2. The van der Waals surface area contributed by atoms with E-state index in [0.717, 1.165) is 24.2 Å². The minimum atomic E-state index is -0.0128. The molecule has 20 heavy (non-hydrogen) atoms. The molecule has 1 fully saturated rings. The first-order chi connectivity index (χ1) is 8.84. The van der Waals surface area contributed by atoms with Crippen LogP contribution >= 0.6 is 24.8 Å². The van der Waals surface area contributed by atoms with Gasteiger partial charge in [0.25, 0.3) is 0 Å². The molecule has 1 aliphatic rings. The molecule has 108 valence electrons. The minimum absolute atomic E-state index is 0. The van der Waals surface area contributed by atoms with Crippen LogP contribution in [0.2, 0.25) is 0 Å². The summed E-state index contributed by atoms with van der Waals surface area (Å²) in [7, 11) is 0.